The number of hydrogen-bond acceptors (Lipinski definition) is 3. The maximum absolute atomic E-state index is 12.3. The molecule has 8 aliphatic carbocycles. The number of ketones is 1. The lowest BCUT2D eigenvalue weighted by atomic mass is 9.49. The number of allylic oxidation sites excluding steroid dienone is 5. The minimum Gasteiger partial charge on any atom is -0.378 e. The zero-order valence-corrected chi connectivity index (χ0v) is 29.3. The molecule has 0 spiro atoms. The van der Waals surface area contributed by atoms with Crippen LogP contribution >= 0.6 is 0 Å². The predicted octanol–water partition coefficient (Wildman–Crippen LogP) is 9.55. The van der Waals surface area contributed by atoms with Crippen molar-refractivity contribution >= 4 is 5.78 Å². The molecular formula is C43H60O3. The van der Waals surface area contributed by atoms with E-state index in [9.17, 15) is 9.90 Å². The van der Waals surface area contributed by atoms with Crippen molar-refractivity contribution in [1.29, 1.82) is 0 Å². The second-order valence-corrected chi connectivity index (χ2v) is 17.6. The topological polar surface area (TPSA) is 46.5 Å². The molecule has 0 aromatic rings. The van der Waals surface area contributed by atoms with Gasteiger partial charge in [0.2, 0.25) is 0 Å². The summed E-state index contributed by atoms with van der Waals surface area (Å²) in [5.74, 6) is 13.3. The maximum atomic E-state index is 12.3. The lowest BCUT2D eigenvalue weighted by Crippen LogP contribution is -2.53. The summed E-state index contributed by atoms with van der Waals surface area (Å²) < 4.78 is 6.27. The average Bonchev–Trinajstić information content (AvgIpc) is 3.56. The molecule has 0 aliphatic heterocycles. The molecule has 0 bridgehead atoms. The van der Waals surface area contributed by atoms with E-state index in [4.69, 9.17) is 4.74 Å². The summed E-state index contributed by atoms with van der Waals surface area (Å²) >= 11 is 0. The van der Waals surface area contributed by atoms with Crippen molar-refractivity contribution in [3.63, 3.8) is 0 Å². The van der Waals surface area contributed by atoms with Gasteiger partial charge in [0.15, 0.2) is 5.78 Å². The average molecular weight is 625 g/mol. The van der Waals surface area contributed by atoms with E-state index in [0.717, 1.165) is 75.0 Å². The number of aliphatic hydroxyl groups is 1. The highest BCUT2D eigenvalue weighted by Crippen LogP contribution is 2.68. The van der Waals surface area contributed by atoms with Gasteiger partial charge in [-0.05, 0) is 181 Å². The monoisotopic (exact) mass is 624 g/mol. The standard InChI is InChI=1S/C43H60O3/c1-5-41-23-17-34-32-13-9-28(26-29(32)10-14-36(34)38(41)19-22-40(41,3)46-4)8-7-21-43(45)25-20-39-37-15-11-30-27-31(44)12-16-33(30)35(37)18-24-42(39,43)6-2/h8,26-27,32-39,45H,5-6,9-20,22-25H2,1-4H3/b28-8-/t32?,33?,34?,35?,36?,37?,38?,39?,40-,41?,42?,43-/m0/s1. The summed E-state index contributed by atoms with van der Waals surface area (Å²) in [4.78, 5) is 12.1. The van der Waals surface area contributed by atoms with Gasteiger partial charge in [-0.2, -0.15) is 0 Å². The minimum absolute atomic E-state index is 0.0576. The van der Waals surface area contributed by atoms with Crippen molar-refractivity contribution in [3.8, 4) is 11.8 Å². The first-order valence-corrected chi connectivity index (χ1v) is 19.6. The first kappa shape index (κ1) is 31.6. The van der Waals surface area contributed by atoms with Crippen LogP contribution in [0.15, 0.2) is 34.9 Å². The smallest absolute Gasteiger partial charge is 0.155 e. The molecule has 10 unspecified atom stereocenters. The largest absolute Gasteiger partial charge is 0.378 e. The molecule has 46 heavy (non-hydrogen) atoms. The molecule has 8 aliphatic rings. The Labute approximate surface area is 279 Å². The van der Waals surface area contributed by atoms with Crippen molar-refractivity contribution in [2.75, 3.05) is 7.11 Å². The van der Waals surface area contributed by atoms with E-state index in [-0.39, 0.29) is 11.0 Å². The molecule has 3 nitrogen and oxygen atoms in total. The second-order valence-electron chi connectivity index (χ2n) is 17.6. The third-order valence-electron chi connectivity index (χ3n) is 17.0. The van der Waals surface area contributed by atoms with E-state index in [2.05, 4.69) is 44.8 Å². The maximum Gasteiger partial charge on any atom is 0.155 e. The van der Waals surface area contributed by atoms with E-state index in [1.54, 1.807) is 5.57 Å². The van der Waals surface area contributed by atoms with Crippen molar-refractivity contribution in [1.82, 2.24) is 0 Å². The van der Waals surface area contributed by atoms with E-state index in [0.29, 0.717) is 34.9 Å². The number of carbonyl (C=O) groups excluding carboxylic acids is 1. The Hall–Kier alpha value is -1.63. The van der Waals surface area contributed by atoms with Gasteiger partial charge < -0.3 is 9.84 Å². The number of fused-ring (bicyclic) bond motifs is 10. The molecular weight excluding hydrogens is 564 g/mol. The highest BCUT2D eigenvalue weighted by atomic mass is 16.5. The fraction of sp³-hybridized carbons (Fsp3) is 0.791. The van der Waals surface area contributed by atoms with Crippen LogP contribution in [0.4, 0.5) is 0 Å². The molecule has 250 valence electrons. The van der Waals surface area contributed by atoms with Crippen molar-refractivity contribution < 1.29 is 14.6 Å². The quantitative estimate of drug-likeness (QED) is 0.318. The van der Waals surface area contributed by atoms with Gasteiger partial charge >= 0.3 is 0 Å². The molecule has 12 atom stereocenters. The van der Waals surface area contributed by atoms with E-state index in [1.807, 2.05) is 13.2 Å². The third-order valence-corrected chi connectivity index (χ3v) is 17.0. The van der Waals surface area contributed by atoms with Gasteiger partial charge in [-0.15, -0.1) is 0 Å². The summed E-state index contributed by atoms with van der Waals surface area (Å²) in [7, 11) is 1.96. The Morgan fingerprint density at radius 1 is 0.761 bits per heavy atom. The molecule has 0 radical (unpaired) electrons. The van der Waals surface area contributed by atoms with Gasteiger partial charge in [0.1, 0.15) is 5.60 Å². The van der Waals surface area contributed by atoms with Gasteiger partial charge in [0, 0.05) is 24.4 Å². The fourth-order valence-electron chi connectivity index (χ4n) is 14.7. The highest BCUT2D eigenvalue weighted by molar-refractivity contribution is 5.91. The summed E-state index contributed by atoms with van der Waals surface area (Å²) in [5, 5.41) is 12.3. The summed E-state index contributed by atoms with van der Waals surface area (Å²) in [6.45, 7) is 7.17. The van der Waals surface area contributed by atoms with E-state index in [1.165, 1.54) is 75.4 Å². The predicted molar refractivity (Wildman–Crippen MR) is 185 cm³/mol. The van der Waals surface area contributed by atoms with Crippen molar-refractivity contribution in [2.24, 2.45) is 58.2 Å². The second kappa shape index (κ2) is 11.5. The molecule has 0 amide bonds. The zero-order chi connectivity index (χ0) is 31.9. The van der Waals surface area contributed by atoms with Gasteiger partial charge in [0.05, 0.1) is 5.60 Å². The summed E-state index contributed by atoms with van der Waals surface area (Å²) in [5.41, 5.74) is 4.03. The van der Waals surface area contributed by atoms with Crippen LogP contribution in [0, 0.1) is 70.0 Å². The molecule has 0 heterocycles. The first-order valence-electron chi connectivity index (χ1n) is 19.6. The summed E-state index contributed by atoms with van der Waals surface area (Å²) in [6.07, 6.45) is 27.7. The van der Waals surface area contributed by atoms with Gasteiger partial charge in [-0.3, -0.25) is 4.79 Å². The fourth-order valence-corrected chi connectivity index (χ4v) is 14.7. The van der Waals surface area contributed by atoms with Crippen LogP contribution in [0.5, 0.6) is 0 Å². The molecule has 6 saturated carbocycles. The Balaban J connectivity index is 0.981. The molecule has 8 rings (SSSR count). The molecule has 0 saturated heterocycles. The summed E-state index contributed by atoms with van der Waals surface area (Å²) in [6, 6.07) is 0. The van der Waals surface area contributed by atoms with Gasteiger partial charge in [-0.25, -0.2) is 0 Å². The van der Waals surface area contributed by atoms with Crippen LogP contribution in [0.3, 0.4) is 0 Å². The van der Waals surface area contributed by atoms with Crippen LogP contribution in [0.25, 0.3) is 0 Å². The Bertz CT molecular complexity index is 1410. The van der Waals surface area contributed by atoms with Gasteiger partial charge in [0.25, 0.3) is 0 Å². The molecule has 6 fully saturated rings. The third kappa shape index (κ3) is 4.40. The van der Waals surface area contributed by atoms with Gasteiger partial charge in [-0.1, -0.05) is 42.9 Å². The van der Waals surface area contributed by atoms with Crippen LogP contribution in [0.2, 0.25) is 0 Å². The molecule has 0 aromatic heterocycles. The Morgan fingerprint density at radius 3 is 2.04 bits per heavy atom. The number of rotatable bonds is 3. The number of methoxy groups -OCH3 is 1. The molecule has 1 N–H and O–H groups in total. The lowest BCUT2D eigenvalue weighted by molar-refractivity contribution is -0.138. The van der Waals surface area contributed by atoms with Crippen molar-refractivity contribution in [3.05, 3.63) is 34.9 Å². The number of hydrogen-bond donors (Lipinski definition) is 1. The molecule has 0 aromatic carbocycles. The Morgan fingerprint density at radius 2 is 1.37 bits per heavy atom. The minimum atomic E-state index is -0.874. The van der Waals surface area contributed by atoms with E-state index >= 15 is 0 Å². The Kier molecular flexibility index (Phi) is 7.89. The van der Waals surface area contributed by atoms with Crippen molar-refractivity contribution in [2.45, 2.75) is 148 Å². The van der Waals surface area contributed by atoms with Crippen LogP contribution in [-0.2, 0) is 9.53 Å². The van der Waals surface area contributed by atoms with Crippen LogP contribution < -0.4 is 0 Å². The zero-order valence-electron chi connectivity index (χ0n) is 29.3. The van der Waals surface area contributed by atoms with Crippen LogP contribution in [-0.4, -0.2) is 29.2 Å². The first-order chi connectivity index (χ1) is 22.2. The SMILES string of the molecule is CCC12CCC3C4CCC(=O)C=C4CCC3C1CC[C@@]2(O)C#C/C=C1\C=C2CCC3C(CCC4(CC)C3CC[C@]4(C)OC)C2CC1. The molecule has 3 heteroatoms. The normalized spacial score (nSPS) is 50.1. The number of ether oxygens (including phenoxy) is 1. The highest BCUT2D eigenvalue weighted by Gasteiger charge is 2.64. The lowest BCUT2D eigenvalue weighted by Gasteiger charge is -2.57. The number of carbonyl (C=O) groups is 1. The van der Waals surface area contributed by atoms with E-state index < -0.39 is 5.60 Å². The van der Waals surface area contributed by atoms with Crippen LogP contribution in [0.1, 0.15) is 136 Å².